The van der Waals surface area contributed by atoms with E-state index in [1.165, 1.54) is 0 Å². The third-order valence-corrected chi connectivity index (χ3v) is 1.82. The predicted octanol–water partition coefficient (Wildman–Crippen LogP) is -0.126. The third-order valence-electron chi connectivity index (χ3n) is 1.82. The first-order valence-electron chi connectivity index (χ1n) is 4.81. The number of aliphatic hydroxyl groups is 2. The van der Waals surface area contributed by atoms with Gasteiger partial charge in [0.15, 0.2) is 0 Å². The van der Waals surface area contributed by atoms with Gasteiger partial charge in [-0.25, -0.2) is 0 Å². The topological polar surface area (TPSA) is 75.7 Å². The Hall–Kier alpha value is -0.160. The van der Waals surface area contributed by atoms with Gasteiger partial charge in [-0.2, -0.15) is 0 Å². The Labute approximate surface area is 79.7 Å². The molecule has 13 heavy (non-hydrogen) atoms. The van der Waals surface area contributed by atoms with E-state index in [9.17, 15) is 5.11 Å². The molecule has 0 spiro atoms. The van der Waals surface area contributed by atoms with E-state index in [-0.39, 0.29) is 12.7 Å². The van der Waals surface area contributed by atoms with E-state index in [0.29, 0.717) is 13.2 Å². The molecule has 4 nitrogen and oxygen atoms in total. The van der Waals surface area contributed by atoms with E-state index < -0.39 is 6.10 Å². The molecule has 0 aliphatic carbocycles. The minimum absolute atomic E-state index is 0.00444. The summed E-state index contributed by atoms with van der Waals surface area (Å²) in [4.78, 5) is 0. The van der Waals surface area contributed by atoms with E-state index in [1.54, 1.807) is 6.92 Å². The molecule has 0 aromatic rings. The van der Waals surface area contributed by atoms with E-state index in [0.717, 1.165) is 19.3 Å². The van der Waals surface area contributed by atoms with Crippen LogP contribution in [0.3, 0.4) is 0 Å². The molecule has 0 aliphatic heterocycles. The Balaban J connectivity index is 3.24. The third kappa shape index (κ3) is 8.18. The fraction of sp³-hybridized carbons (Fsp3) is 1.00. The first kappa shape index (κ1) is 12.8. The molecule has 0 amide bonds. The lowest BCUT2D eigenvalue weighted by Crippen LogP contribution is -2.22. The maximum atomic E-state index is 9.37. The van der Waals surface area contributed by atoms with Crippen molar-refractivity contribution < 1.29 is 14.9 Å². The highest BCUT2D eigenvalue weighted by Crippen LogP contribution is 2.01. The summed E-state index contributed by atoms with van der Waals surface area (Å²) in [6.45, 7) is 2.73. The zero-order chi connectivity index (χ0) is 10.1. The summed E-state index contributed by atoms with van der Waals surface area (Å²) >= 11 is 0. The smallest absolute Gasteiger partial charge is 0.0779 e. The summed E-state index contributed by atoms with van der Waals surface area (Å²) in [7, 11) is 0. The van der Waals surface area contributed by atoms with Crippen LogP contribution in [0.2, 0.25) is 0 Å². The van der Waals surface area contributed by atoms with Gasteiger partial charge in [0, 0.05) is 0 Å². The minimum atomic E-state index is -0.430. The second-order valence-corrected chi connectivity index (χ2v) is 3.26. The van der Waals surface area contributed by atoms with Crippen molar-refractivity contribution >= 4 is 0 Å². The second-order valence-electron chi connectivity index (χ2n) is 3.26. The van der Waals surface area contributed by atoms with Crippen molar-refractivity contribution in [2.45, 2.75) is 38.4 Å². The number of unbranched alkanes of at least 4 members (excludes halogenated alkanes) is 1. The van der Waals surface area contributed by atoms with Gasteiger partial charge >= 0.3 is 0 Å². The van der Waals surface area contributed by atoms with Crippen LogP contribution in [-0.4, -0.2) is 42.2 Å². The molecule has 2 unspecified atom stereocenters. The van der Waals surface area contributed by atoms with E-state index in [2.05, 4.69) is 0 Å². The highest BCUT2D eigenvalue weighted by Gasteiger charge is 2.06. The van der Waals surface area contributed by atoms with Gasteiger partial charge < -0.3 is 20.7 Å². The van der Waals surface area contributed by atoms with Crippen molar-refractivity contribution in [1.82, 2.24) is 0 Å². The minimum Gasteiger partial charge on any atom is -0.394 e. The second kappa shape index (κ2) is 8.44. The van der Waals surface area contributed by atoms with Gasteiger partial charge in [-0.1, -0.05) is 0 Å². The summed E-state index contributed by atoms with van der Waals surface area (Å²) in [5, 5.41) is 18.0. The maximum absolute atomic E-state index is 9.37. The maximum Gasteiger partial charge on any atom is 0.0779 e. The lowest BCUT2D eigenvalue weighted by Gasteiger charge is -2.14. The standard InChI is InChI=1S/C9H21NO3/c1-8(6-11)13-7-9(12)4-2-3-5-10/h8-9,11-12H,2-7,10H2,1H3. The number of nitrogens with two attached hydrogens (primary N) is 1. The first-order chi connectivity index (χ1) is 6.20. The molecule has 80 valence electrons. The van der Waals surface area contributed by atoms with Crippen molar-refractivity contribution in [2.75, 3.05) is 19.8 Å². The van der Waals surface area contributed by atoms with Crippen molar-refractivity contribution in [3.8, 4) is 0 Å². The highest BCUT2D eigenvalue weighted by molar-refractivity contribution is 4.56. The van der Waals surface area contributed by atoms with Crippen LogP contribution in [0.15, 0.2) is 0 Å². The molecule has 2 atom stereocenters. The number of hydrogen-bond donors (Lipinski definition) is 3. The molecular formula is C9H21NO3. The molecule has 4 heteroatoms. The van der Waals surface area contributed by atoms with Crippen molar-refractivity contribution in [3.05, 3.63) is 0 Å². The predicted molar refractivity (Wildman–Crippen MR) is 51.4 cm³/mol. The Morgan fingerprint density at radius 2 is 2.08 bits per heavy atom. The average Bonchev–Trinajstić information content (AvgIpc) is 2.14. The quantitative estimate of drug-likeness (QED) is 0.467. The Kier molecular flexibility index (Phi) is 8.33. The molecule has 0 aromatic carbocycles. The van der Waals surface area contributed by atoms with Crippen molar-refractivity contribution in [1.29, 1.82) is 0 Å². The number of aliphatic hydroxyl groups excluding tert-OH is 2. The van der Waals surface area contributed by atoms with Gasteiger partial charge in [0.1, 0.15) is 0 Å². The Bertz CT molecular complexity index is 111. The van der Waals surface area contributed by atoms with Crippen LogP contribution in [0.1, 0.15) is 26.2 Å². The van der Waals surface area contributed by atoms with Gasteiger partial charge in [-0.3, -0.25) is 0 Å². The molecule has 0 fully saturated rings. The molecule has 0 saturated carbocycles. The molecule has 0 aromatic heterocycles. The van der Waals surface area contributed by atoms with Crippen molar-refractivity contribution in [2.24, 2.45) is 5.73 Å². The van der Waals surface area contributed by atoms with Crippen LogP contribution in [0.4, 0.5) is 0 Å². The Morgan fingerprint density at radius 1 is 1.38 bits per heavy atom. The molecule has 0 radical (unpaired) electrons. The van der Waals surface area contributed by atoms with Gasteiger partial charge in [-0.15, -0.1) is 0 Å². The lowest BCUT2D eigenvalue weighted by molar-refractivity contribution is -0.0258. The number of ether oxygens (including phenoxy) is 1. The van der Waals surface area contributed by atoms with Crippen LogP contribution in [0.5, 0.6) is 0 Å². The fourth-order valence-corrected chi connectivity index (χ4v) is 0.936. The molecule has 0 rings (SSSR count). The summed E-state index contributed by atoms with van der Waals surface area (Å²) in [6, 6.07) is 0. The SMILES string of the molecule is CC(CO)OCC(O)CCCCN. The number of hydrogen-bond acceptors (Lipinski definition) is 4. The normalized spacial score (nSPS) is 15.7. The monoisotopic (exact) mass is 191 g/mol. The Morgan fingerprint density at radius 3 is 2.62 bits per heavy atom. The zero-order valence-corrected chi connectivity index (χ0v) is 8.28. The van der Waals surface area contributed by atoms with Crippen LogP contribution in [0, 0.1) is 0 Å². The van der Waals surface area contributed by atoms with E-state index in [4.69, 9.17) is 15.6 Å². The van der Waals surface area contributed by atoms with Gasteiger partial charge in [-0.05, 0) is 32.7 Å². The van der Waals surface area contributed by atoms with Crippen LogP contribution in [0.25, 0.3) is 0 Å². The summed E-state index contributed by atoms with van der Waals surface area (Å²) < 4.78 is 5.15. The summed E-state index contributed by atoms with van der Waals surface area (Å²) in [5.41, 5.74) is 5.31. The molecule has 0 bridgehead atoms. The van der Waals surface area contributed by atoms with E-state index in [1.807, 2.05) is 0 Å². The summed E-state index contributed by atoms with van der Waals surface area (Å²) in [6.07, 6.45) is 1.96. The molecule has 0 saturated heterocycles. The highest BCUT2D eigenvalue weighted by atomic mass is 16.5. The molecule has 0 aliphatic rings. The van der Waals surface area contributed by atoms with Gasteiger partial charge in [0.05, 0.1) is 25.4 Å². The van der Waals surface area contributed by atoms with E-state index >= 15 is 0 Å². The summed E-state index contributed by atoms with van der Waals surface area (Å²) in [5.74, 6) is 0. The lowest BCUT2D eigenvalue weighted by atomic mass is 10.1. The molecule has 4 N–H and O–H groups in total. The van der Waals surface area contributed by atoms with Gasteiger partial charge in [0.25, 0.3) is 0 Å². The zero-order valence-electron chi connectivity index (χ0n) is 8.28. The molecule has 0 heterocycles. The van der Waals surface area contributed by atoms with Gasteiger partial charge in [0.2, 0.25) is 0 Å². The first-order valence-corrected chi connectivity index (χ1v) is 4.81. The average molecular weight is 191 g/mol. The number of rotatable bonds is 8. The van der Waals surface area contributed by atoms with Crippen LogP contribution < -0.4 is 5.73 Å². The molecular weight excluding hydrogens is 170 g/mol. The largest absolute Gasteiger partial charge is 0.394 e. The van der Waals surface area contributed by atoms with Crippen LogP contribution >= 0.6 is 0 Å². The van der Waals surface area contributed by atoms with Crippen LogP contribution in [-0.2, 0) is 4.74 Å². The fourth-order valence-electron chi connectivity index (χ4n) is 0.936. The van der Waals surface area contributed by atoms with Crippen molar-refractivity contribution in [3.63, 3.8) is 0 Å².